The summed E-state index contributed by atoms with van der Waals surface area (Å²) in [6.45, 7) is 3.63. The van der Waals surface area contributed by atoms with Crippen LogP contribution in [0.25, 0.3) is 0 Å². The molecule has 122 valence electrons. The van der Waals surface area contributed by atoms with Crippen LogP contribution >= 0.6 is 0 Å². The van der Waals surface area contributed by atoms with E-state index in [9.17, 15) is 9.18 Å². The first-order valence-electron chi connectivity index (χ1n) is 7.73. The lowest BCUT2D eigenvalue weighted by molar-refractivity contribution is 0.242. The predicted molar refractivity (Wildman–Crippen MR) is 83.3 cm³/mol. The molecule has 1 fully saturated rings. The van der Waals surface area contributed by atoms with Crippen LogP contribution < -0.4 is 19.7 Å². The molecule has 0 radical (unpaired) electrons. The van der Waals surface area contributed by atoms with Gasteiger partial charge in [-0.05, 0) is 25.0 Å². The molecule has 1 aromatic carbocycles. The summed E-state index contributed by atoms with van der Waals surface area (Å²) in [7, 11) is 1.47. The maximum atomic E-state index is 14.8. The summed E-state index contributed by atoms with van der Waals surface area (Å²) in [5, 5.41) is 2.71. The average molecular weight is 310 g/mol. The predicted octanol–water partition coefficient (Wildman–Crippen LogP) is 3.32. The Hall–Kier alpha value is -1.98. The minimum atomic E-state index is -0.548. The first kappa shape index (κ1) is 16.4. The van der Waals surface area contributed by atoms with Crippen LogP contribution in [0.4, 0.5) is 14.9 Å². The molecule has 0 aromatic heterocycles. The number of amides is 2. The highest BCUT2D eigenvalue weighted by molar-refractivity contribution is 5.93. The zero-order valence-electron chi connectivity index (χ0n) is 13.2. The third-order valence-corrected chi connectivity index (χ3v) is 3.63. The van der Waals surface area contributed by atoms with E-state index < -0.39 is 5.82 Å². The minimum absolute atomic E-state index is 0.0782. The molecule has 1 aliphatic heterocycles. The van der Waals surface area contributed by atoms with E-state index in [4.69, 9.17) is 9.47 Å². The lowest BCUT2D eigenvalue weighted by Gasteiger charge is -2.28. The highest BCUT2D eigenvalue weighted by Crippen LogP contribution is 2.37. The van der Waals surface area contributed by atoms with Crippen molar-refractivity contribution >= 4 is 11.7 Å². The quantitative estimate of drug-likeness (QED) is 0.786. The molecule has 1 aliphatic rings. The van der Waals surface area contributed by atoms with Crippen molar-refractivity contribution in [2.45, 2.75) is 32.6 Å². The van der Waals surface area contributed by atoms with Gasteiger partial charge in [0.1, 0.15) is 0 Å². The Morgan fingerprint density at radius 3 is 2.86 bits per heavy atom. The molecular weight excluding hydrogens is 287 g/mol. The number of halogens is 1. The number of methoxy groups -OCH3 is 1. The molecule has 0 unspecified atom stereocenters. The fraction of sp³-hybridized carbons (Fsp3) is 0.562. The molecule has 1 saturated heterocycles. The fourth-order valence-corrected chi connectivity index (χ4v) is 2.42. The number of hydrogen-bond donors (Lipinski definition) is 1. The van der Waals surface area contributed by atoms with Crippen LogP contribution in [-0.2, 0) is 0 Å². The van der Waals surface area contributed by atoms with E-state index in [2.05, 4.69) is 12.2 Å². The van der Waals surface area contributed by atoms with Gasteiger partial charge in [-0.15, -0.1) is 0 Å². The van der Waals surface area contributed by atoms with Crippen LogP contribution in [0.3, 0.4) is 0 Å². The summed E-state index contributed by atoms with van der Waals surface area (Å²) in [5.41, 5.74) is 0.225. The Kier molecular flexibility index (Phi) is 5.86. The first-order chi connectivity index (χ1) is 10.7. The molecule has 0 aliphatic carbocycles. The van der Waals surface area contributed by atoms with Crippen molar-refractivity contribution < 1.29 is 18.7 Å². The first-order valence-corrected chi connectivity index (χ1v) is 7.73. The maximum absolute atomic E-state index is 14.8. The van der Waals surface area contributed by atoms with Crippen molar-refractivity contribution in [3.63, 3.8) is 0 Å². The van der Waals surface area contributed by atoms with Crippen LogP contribution in [0.2, 0.25) is 0 Å². The number of nitrogens with zero attached hydrogens (tertiary/aromatic N) is 1. The second-order valence-corrected chi connectivity index (χ2v) is 5.22. The molecule has 0 atom stereocenters. The van der Waals surface area contributed by atoms with E-state index in [0.717, 1.165) is 25.7 Å². The SMILES string of the molecule is CCCCCOc1c(OC)ccc(N2CCCNC2=O)c1F. The van der Waals surface area contributed by atoms with Gasteiger partial charge in [-0.2, -0.15) is 0 Å². The third-order valence-electron chi connectivity index (χ3n) is 3.63. The molecule has 2 amide bonds. The molecule has 5 nitrogen and oxygen atoms in total. The van der Waals surface area contributed by atoms with Crippen LogP contribution in [-0.4, -0.2) is 32.8 Å². The van der Waals surface area contributed by atoms with Gasteiger partial charge >= 0.3 is 6.03 Å². The van der Waals surface area contributed by atoms with Gasteiger partial charge in [-0.3, -0.25) is 4.90 Å². The molecule has 6 heteroatoms. The highest BCUT2D eigenvalue weighted by atomic mass is 19.1. The number of anilines is 1. The summed E-state index contributed by atoms with van der Waals surface area (Å²) in [4.78, 5) is 13.3. The zero-order chi connectivity index (χ0) is 15.9. The number of urea groups is 1. The second kappa shape index (κ2) is 7.87. The van der Waals surface area contributed by atoms with Crippen molar-refractivity contribution in [3.05, 3.63) is 17.9 Å². The van der Waals surface area contributed by atoms with E-state index in [1.54, 1.807) is 12.1 Å². The van der Waals surface area contributed by atoms with E-state index in [1.807, 2.05) is 0 Å². The molecular formula is C16H23FN2O3. The number of carbonyl (C=O) groups is 1. The summed E-state index contributed by atoms with van der Waals surface area (Å²) in [5.74, 6) is -0.127. The maximum Gasteiger partial charge on any atom is 0.321 e. The van der Waals surface area contributed by atoms with Gasteiger partial charge in [0.15, 0.2) is 17.3 Å². The van der Waals surface area contributed by atoms with Crippen molar-refractivity contribution in [2.75, 3.05) is 31.7 Å². The summed E-state index contributed by atoms with van der Waals surface area (Å²) in [6.07, 6.45) is 3.73. The van der Waals surface area contributed by atoms with Gasteiger partial charge in [0.05, 0.1) is 19.4 Å². The Labute approximate surface area is 130 Å². The Balaban J connectivity index is 2.22. The normalized spacial score (nSPS) is 14.7. The summed E-state index contributed by atoms with van der Waals surface area (Å²) >= 11 is 0. The van der Waals surface area contributed by atoms with Crippen molar-refractivity contribution in [2.24, 2.45) is 0 Å². The monoisotopic (exact) mass is 310 g/mol. The molecule has 0 bridgehead atoms. The zero-order valence-corrected chi connectivity index (χ0v) is 13.2. The van der Waals surface area contributed by atoms with Crippen molar-refractivity contribution in [1.82, 2.24) is 5.32 Å². The van der Waals surface area contributed by atoms with E-state index in [1.165, 1.54) is 12.0 Å². The van der Waals surface area contributed by atoms with Gasteiger partial charge < -0.3 is 14.8 Å². The standard InChI is InChI=1S/C16H23FN2O3/c1-3-4-5-11-22-15-13(21-2)8-7-12(14(15)17)19-10-6-9-18-16(19)20/h7-8H,3-6,9-11H2,1-2H3,(H,18,20). The van der Waals surface area contributed by atoms with Gasteiger partial charge in [-0.25, -0.2) is 9.18 Å². The fourth-order valence-electron chi connectivity index (χ4n) is 2.42. The van der Waals surface area contributed by atoms with E-state index >= 15 is 0 Å². The largest absolute Gasteiger partial charge is 0.493 e. The van der Waals surface area contributed by atoms with E-state index in [0.29, 0.717) is 25.4 Å². The number of benzene rings is 1. The van der Waals surface area contributed by atoms with Gasteiger partial charge in [0.2, 0.25) is 0 Å². The van der Waals surface area contributed by atoms with Crippen LogP contribution in [0.15, 0.2) is 12.1 Å². The number of nitrogens with one attached hydrogen (secondary N) is 1. The smallest absolute Gasteiger partial charge is 0.321 e. The topological polar surface area (TPSA) is 50.8 Å². The number of ether oxygens (including phenoxy) is 2. The van der Waals surface area contributed by atoms with Gasteiger partial charge in [0.25, 0.3) is 0 Å². The molecule has 0 spiro atoms. The third kappa shape index (κ3) is 3.61. The van der Waals surface area contributed by atoms with Crippen LogP contribution in [0.5, 0.6) is 11.5 Å². The lowest BCUT2D eigenvalue weighted by atomic mass is 10.2. The van der Waals surface area contributed by atoms with E-state index in [-0.39, 0.29) is 17.5 Å². The molecule has 2 rings (SSSR count). The number of carbonyl (C=O) groups excluding carboxylic acids is 1. The Morgan fingerprint density at radius 1 is 1.36 bits per heavy atom. The number of hydrogen-bond acceptors (Lipinski definition) is 3. The van der Waals surface area contributed by atoms with Gasteiger partial charge in [0, 0.05) is 13.1 Å². The second-order valence-electron chi connectivity index (χ2n) is 5.22. The average Bonchev–Trinajstić information content (AvgIpc) is 2.53. The number of rotatable bonds is 7. The molecule has 0 saturated carbocycles. The Bertz CT molecular complexity index is 522. The molecule has 1 N–H and O–H groups in total. The van der Waals surface area contributed by atoms with Gasteiger partial charge in [-0.1, -0.05) is 19.8 Å². The number of unbranched alkanes of at least 4 members (excludes halogenated alkanes) is 2. The molecule has 22 heavy (non-hydrogen) atoms. The van der Waals surface area contributed by atoms with Crippen molar-refractivity contribution in [1.29, 1.82) is 0 Å². The molecule has 1 heterocycles. The lowest BCUT2D eigenvalue weighted by Crippen LogP contribution is -2.46. The summed E-state index contributed by atoms with van der Waals surface area (Å²) < 4.78 is 25.5. The highest BCUT2D eigenvalue weighted by Gasteiger charge is 2.25. The summed E-state index contributed by atoms with van der Waals surface area (Å²) in [6, 6.07) is 2.90. The molecule has 1 aromatic rings. The van der Waals surface area contributed by atoms with Crippen LogP contribution in [0.1, 0.15) is 32.6 Å². The van der Waals surface area contributed by atoms with Crippen LogP contribution in [0, 0.1) is 5.82 Å². The minimum Gasteiger partial charge on any atom is -0.493 e. The van der Waals surface area contributed by atoms with Crippen molar-refractivity contribution in [3.8, 4) is 11.5 Å². The Morgan fingerprint density at radius 2 is 2.18 bits per heavy atom.